The minimum Gasteiger partial charge on any atom is -0.330 e. The van der Waals surface area contributed by atoms with E-state index in [0.717, 1.165) is 28.2 Å². The average Bonchev–Trinajstić information content (AvgIpc) is 2.97. The fourth-order valence-corrected chi connectivity index (χ4v) is 2.72. The van der Waals surface area contributed by atoms with Crippen molar-refractivity contribution in [2.75, 3.05) is 5.32 Å². The molecule has 0 bridgehead atoms. The van der Waals surface area contributed by atoms with Crippen molar-refractivity contribution in [1.82, 2.24) is 5.32 Å². The van der Waals surface area contributed by atoms with Gasteiger partial charge in [0.15, 0.2) is 0 Å². The molecule has 2 amide bonds. The monoisotopic (exact) mass is 333 g/mol. The van der Waals surface area contributed by atoms with Crippen LogP contribution in [0, 0.1) is 6.92 Å². The number of hydrogen-bond acceptors (Lipinski definition) is 3. The molecule has 3 rings (SSSR count). The summed E-state index contributed by atoms with van der Waals surface area (Å²) >= 11 is 0. The molecule has 1 aliphatic heterocycles. The fourth-order valence-electron chi connectivity index (χ4n) is 2.72. The Kier molecular flexibility index (Phi) is 4.75. The van der Waals surface area contributed by atoms with Crippen LogP contribution in [0.2, 0.25) is 0 Å². The maximum atomic E-state index is 12.3. The third-order valence-corrected chi connectivity index (χ3v) is 4.13. The molecule has 25 heavy (non-hydrogen) atoms. The lowest BCUT2D eigenvalue weighted by atomic mass is 10.1. The summed E-state index contributed by atoms with van der Waals surface area (Å²) in [5.41, 5.74) is 4.84. The van der Waals surface area contributed by atoms with Crippen molar-refractivity contribution in [2.45, 2.75) is 19.9 Å². The lowest BCUT2D eigenvalue weighted by molar-refractivity contribution is -0.109. The molecule has 1 atom stereocenters. The molecule has 1 heterocycles. The number of anilines is 1. The van der Waals surface area contributed by atoms with Crippen LogP contribution in [-0.4, -0.2) is 24.1 Å². The topological polar surface area (TPSA) is 70.6 Å². The SMILES string of the molecule is Cc1ccccc1C(=O)Nc1ccc(C2=NC(C)C(NC=O)=C2)cc1. The molecule has 0 saturated heterocycles. The van der Waals surface area contributed by atoms with Gasteiger partial charge in [0, 0.05) is 16.9 Å². The molecule has 0 fully saturated rings. The number of nitrogens with zero attached hydrogens (tertiary/aromatic N) is 1. The van der Waals surface area contributed by atoms with Gasteiger partial charge in [0.1, 0.15) is 0 Å². The highest BCUT2D eigenvalue weighted by Gasteiger charge is 2.17. The maximum absolute atomic E-state index is 12.3. The van der Waals surface area contributed by atoms with Gasteiger partial charge >= 0.3 is 0 Å². The Bertz CT molecular complexity index is 867. The van der Waals surface area contributed by atoms with Gasteiger partial charge in [0.05, 0.1) is 11.8 Å². The van der Waals surface area contributed by atoms with E-state index in [1.165, 1.54) is 0 Å². The average molecular weight is 333 g/mol. The maximum Gasteiger partial charge on any atom is 0.255 e. The second-order valence-corrected chi connectivity index (χ2v) is 5.90. The highest BCUT2D eigenvalue weighted by molar-refractivity contribution is 6.11. The normalized spacial score (nSPS) is 16.0. The van der Waals surface area contributed by atoms with Crippen molar-refractivity contribution >= 4 is 23.7 Å². The first-order valence-corrected chi connectivity index (χ1v) is 8.05. The van der Waals surface area contributed by atoms with Crippen molar-refractivity contribution in [1.29, 1.82) is 0 Å². The van der Waals surface area contributed by atoms with Crippen LogP contribution in [0.5, 0.6) is 0 Å². The van der Waals surface area contributed by atoms with Crippen molar-refractivity contribution in [3.8, 4) is 0 Å². The molecular weight excluding hydrogens is 314 g/mol. The van der Waals surface area contributed by atoms with Gasteiger partial charge in [-0.25, -0.2) is 0 Å². The number of nitrogens with one attached hydrogen (secondary N) is 2. The summed E-state index contributed by atoms with van der Waals surface area (Å²) in [7, 11) is 0. The minimum absolute atomic E-state index is 0.0689. The molecule has 0 radical (unpaired) electrons. The van der Waals surface area contributed by atoms with E-state index in [1.807, 2.05) is 62.4 Å². The van der Waals surface area contributed by atoms with Gasteiger partial charge in [0.2, 0.25) is 6.41 Å². The highest BCUT2D eigenvalue weighted by atomic mass is 16.1. The number of aliphatic imine (C=N–C) groups is 1. The van der Waals surface area contributed by atoms with E-state index in [4.69, 9.17) is 0 Å². The number of aryl methyl sites for hydroxylation is 1. The molecule has 0 spiro atoms. The van der Waals surface area contributed by atoms with Gasteiger partial charge < -0.3 is 10.6 Å². The van der Waals surface area contributed by atoms with Gasteiger partial charge in [-0.2, -0.15) is 0 Å². The summed E-state index contributed by atoms with van der Waals surface area (Å²) in [6.45, 7) is 3.83. The lowest BCUT2D eigenvalue weighted by Gasteiger charge is -2.08. The molecule has 0 aromatic heterocycles. The third kappa shape index (κ3) is 3.66. The van der Waals surface area contributed by atoms with Crippen molar-refractivity contribution < 1.29 is 9.59 Å². The molecule has 2 aromatic rings. The molecule has 1 aliphatic rings. The van der Waals surface area contributed by atoms with E-state index in [0.29, 0.717) is 12.0 Å². The summed E-state index contributed by atoms with van der Waals surface area (Å²) in [6, 6.07) is 14.9. The van der Waals surface area contributed by atoms with E-state index < -0.39 is 0 Å². The first kappa shape index (κ1) is 16.6. The van der Waals surface area contributed by atoms with Gasteiger partial charge in [-0.3, -0.25) is 14.6 Å². The van der Waals surface area contributed by atoms with Crippen LogP contribution in [0.3, 0.4) is 0 Å². The van der Waals surface area contributed by atoms with Crippen molar-refractivity contribution in [3.63, 3.8) is 0 Å². The number of rotatable bonds is 5. The molecule has 2 aromatic carbocycles. The van der Waals surface area contributed by atoms with Gasteiger partial charge in [-0.15, -0.1) is 0 Å². The largest absolute Gasteiger partial charge is 0.330 e. The summed E-state index contributed by atoms with van der Waals surface area (Å²) in [5, 5.41) is 5.57. The minimum atomic E-state index is -0.130. The molecule has 126 valence electrons. The number of hydrogen-bond donors (Lipinski definition) is 2. The van der Waals surface area contributed by atoms with Gasteiger partial charge in [-0.05, 0) is 49.2 Å². The number of allylic oxidation sites excluding steroid dienone is 1. The molecule has 2 N–H and O–H groups in total. The number of benzene rings is 2. The Hall–Kier alpha value is -3.21. The molecular formula is C20H19N3O2. The fraction of sp³-hybridized carbons (Fsp3) is 0.150. The second kappa shape index (κ2) is 7.13. The van der Waals surface area contributed by atoms with Crippen LogP contribution in [0.15, 0.2) is 65.3 Å². The van der Waals surface area contributed by atoms with E-state index in [-0.39, 0.29) is 11.9 Å². The Morgan fingerprint density at radius 2 is 1.84 bits per heavy atom. The zero-order chi connectivity index (χ0) is 17.8. The number of carbonyl (C=O) groups excluding carboxylic acids is 2. The van der Waals surface area contributed by atoms with E-state index >= 15 is 0 Å². The first-order chi connectivity index (χ1) is 12.1. The van der Waals surface area contributed by atoms with Crippen LogP contribution in [0.1, 0.15) is 28.4 Å². The Morgan fingerprint density at radius 3 is 2.52 bits per heavy atom. The quantitative estimate of drug-likeness (QED) is 0.826. The summed E-state index contributed by atoms with van der Waals surface area (Å²) < 4.78 is 0. The Labute approximate surface area is 146 Å². The predicted molar refractivity (Wildman–Crippen MR) is 98.9 cm³/mol. The van der Waals surface area contributed by atoms with Crippen LogP contribution in [0.4, 0.5) is 5.69 Å². The van der Waals surface area contributed by atoms with E-state index in [1.54, 1.807) is 6.07 Å². The van der Waals surface area contributed by atoms with Gasteiger partial charge in [0.25, 0.3) is 5.91 Å². The van der Waals surface area contributed by atoms with Crippen LogP contribution < -0.4 is 10.6 Å². The van der Waals surface area contributed by atoms with Crippen LogP contribution in [-0.2, 0) is 4.79 Å². The molecule has 1 unspecified atom stereocenters. The third-order valence-electron chi connectivity index (χ3n) is 4.13. The predicted octanol–water partition coefficient (Wildman–Crippen LogP) is 3.07. The van der Waals surface area contributed by atoms with Crippen LogP contribution in [0.25, 0.3) is 0 Å². The Morgan fingerprint density at radius 1 is 1.12 bits per heavy atom. The lowest BCUT2D eigenvalue weighted by Crippen LogP contribution is -2.16. The summed E-state index contributed by atoms with van der Waals surface area (Å²) in [4.78, 5) is 27.5. The Balaban J connectivity index is 1.73. The van der Waals surface area contributed by atoms with E-state index in [9.17, 15) is 9.59 Å². The number of amides is 2. The second-order valence-electron chi connectivity index (χ2n) is 5.90. The van der Waals surface area contributed by atoms with Crippen molar-refractivity contribution in [3.05, 3.63) is 77.0 Å². The highest BCUT2D eigenvalue weighted by Crippen LogP contribution is 2.19. The summed E-state index contributed by atoms with van der Waals surface area (Å²) in [6.07, 6.45) is 2.52. The van der Waals surface area contributed by atoms with Crippen molar-refractivity contribution in [2.24, 2.45) is 4.99 Å². The standard InChI is InChI=1S/C20H19N3O2/c1-13-5-3-4-6-17(13)20(25)23-16-9-7-15(8-10-16)19-11-18(21-12-24)14(2)22-19/h3-12,14H,1-2H3,(H,21,24)(H,23,25). The van der Waals surface area contributed by atoms with Crippen LogP contribution >= 0.6 is 0 Å². The molecule has 5 nitrogen and oxygen atoms in total. The zero-order valence-corrected chi connectivity index (χ0v) is 14.1. The zero-order valence-electron chi connectivity index (χ0n) is 14.1. The molecule has 5 heteroatoms. The van der Waals surface area contributed by atoms with Gasteiger partial charge in [-0.1, -0.05) is 30.3 Å². The first-order valence-electron chi connectivity index (χ1n) is 8.05. The smallest absolute Gasteiger partial charge is 0.255 e. The number of carbonyl (C=O) groups is 2. The molecule has 0 saturated carbocycles. The molecule has 0 aliphatic carbocycles. The van der Waals surface area contributed by atoms with E-state index in [2.05, 4.69) is 15.6 Å². The summed E-state index contributed by atoms with van der Waals surface area (Å²) in [5.74, 6) is -0.130.